The van der Waals surface area contributed by atoms with Crippen LogP contribution in [0.2, 0.25) is 0 Å². The van der Waals surface area contributed by atoms with Gasteiger partial charge in [-0.1, -0.05) is 24.3 Å². The first kappa shape index (κ1) is 22.2. The number of benzene rings is 2. The summed E-state index contributed by atoms with van der Waals surface area (Å²) in [5.74, 6) is 0.756. The van der Waals surface area contributed by atoms with Crippen LogP contribution in [0.15, 0.2) is 52.4 Å². The topological polar surface area (TPSA) is 83.5 Å². The Bertz CT molecular complexity index is 1100. The second-order valence-electron chi connectivity index (χ2n) is 7.17. The van der Waals surface area contributed by atoms with Crippen LogP contribution in [0, 0.1) is 6.92 Å². The number of guanidine groups is 1. The lowest BCUT2D eigenvalue weighted by Gasteiger charge is -2.11. The van der Waals surface area contributed by atoms with Crippen LogP contribution in [0.1, 0.15) is 29.5 Å². The number of aliphatic imine (C=N–C) groups is 1. The molecule has 3 rings (SSSR count). The molecule has 0 atom stereocenters. The molecule has 0 bridgehead atoms. The molecule has 0 unspecified atom stereocenters. The number of sulfone groups is 1. The van der Waals surface area contributed by atoms with Crippen LogP contribution in [0.5, 0.6) is 0 Å². The van der Waals surface area contributed by atoms with Gasteiger partial charge in [-0.15, -0.1) is 11.3 Å². The molecule has 0 aliphatic heterocycles. The van der Waals surface area contributed by atoms with Gasteiger partial charge in [0.05, 0.1) is 26.7 Å². The van der Waals surface area contributed by atoms with Crippen LogP contribution in [-0.4, -0.2) is 38.7 Å². The van der Waals surface area contributed by atoms with Crippen molar-refractivity contribution in [1.82, 2.24) is 15.6 Å². The van der Waals surface area contributed by atoms with E-state index in [0.717, 1.165) is 53.5 Å². The molecule has 1 aromatic heterocycles. The van der Waals surface area contributed by atoms with Crippen molar-refractivity contribution in [1.29, 1.82) is 0 Å². The van der Waals surface area contributed by atoms with Crippen LogP contribution in [0.4, 0.5) is 0 Å². The van der Waals surface area contributed by atoms with Gasteiger partial charge in [-0.25, -0.2) is 18.4 Å². The molecule has 2 N–H and O–H groups in total. The van der Waals surface area contributed by atoms with Crippen molar-refractivity contribution in [3.63, 3.8) is 0 Å². The van der Waals surface area contributed by atoms with Gasteiger partial charge >= 0.3 is 0 Å². The van der Waals surface area contributed by atoms with E-state index in [1.54, 1.807) is 17.4 Å². The molecular weight excluding hydrogens is 416 g/mol. The van der Waals surface area contributed by atoms with Crippen molar-refractivity contribution in [2.24, 2.45) is 4.99 Å². The first-order chi connectivity index (χ1) is 14.4. The molecule has 2 aromatic carbocycles. The lowest BCUT2D eigenvalue weighted by Crippen LogP contribution is -2.37. The average molecular weight is 445 g/mol. The number of para-hydroxylation sites is 1. The van der Waals surface area contributed by atoms with Crippen LogP contribution >= 0.6 is 11.3 Å². The van der Waals surface area contributed by atoms with Gasteiger partial charge < -0.3 is 10.6 Å². The maximum atomic E-state index is 11.8. The fourth-order valence-corrected chi connectivity index (χ4v) is 5.18. The first-order valence-electron chi connectivity index (χ1n) is 10.0. The van der Waals surface area contributed by atoms with Crippen LogP contribution in [0.3, 0.4) is 0 Å². The summed E-state index contributed by atoms with van der Waals surface area (Å²) in [5, 5.41) is 7.77. The molecule has 0 radical (unpaired) electrons. The van der Waals surface area contributed by atoms with E-state index >= 15 is 0 Å². The van der Waals surface area contributed by atoms with Crippen molar-refractivity contribution in [2.45, 2.75) is 38.1 Å². The third-order valence-electron chi connectivity index (χ3n) is 4.60. The Morgan fingerprint density at radius 3 is 2.67 bits per heavy atom. The molecule has 3 aromatic rings. The second kappa shape index (κ2) is 10.0. The molecule has 6 nitrogen and oxygen atoms in total. The lowest BCUT2D eigenvalue weighted by atomic mass is 10.1. The van der Waals surface area contributed by atoms with E-state index in [9.17, 15) is 8.42 Å². The van der Waals surface area contributed by atoms with Gasteiger partial charge in [0.15, 0.2) is 15.8 Å². The standard InChI is InChI=1S/C22H28N4O2S2/c1-4-23-22(25-15-17-11-12-20(16(2)14-17)30(3,27)28)24-13-7-10-21-26-18-8-5-6-9-19(18)29-21/h5-6,8-9,11-12,14H,4,7,10,13,15H2,1-3H3,(H2,23,24,25). The quantitative estimate of drug-likeness (QED) is 0.314. The van der Waals surface area contributed by atoms with Crippen molar-refractivity contribution >= 4 is 37.4 Å². The predicted molar refractivity (Wildman–Crippen MR) is 125 cm³/mol. The van der Waals surface area contributed by atoms with E-state index in [1.165, 1.54) is 11.0 Å². The highest BCUT2D eigenvalue weighted by Gasteiger charge is 2.10. The molecule has 0 aliphatic carbocycles. The Morgan fingerprint density at radius 2 is 1.97 bits per heavy atom. The highest BCUT2D eigenvalue weighted by Crippen LogP contribution is 2.22. The Labute approximate surface area is 182 Å². The summed E-state index contributed by atoms with van der Waals surface area (Å²) in [6, 6.07) is 13.6. The molecule has 0 spiro atoms. The molecule has 0 saturated heterocycles. The summed E-state index contributed by atoms with van der Waals surface area (Å²) in [6.07, 6.45) is 3.12. The second-order valence-corrected chi connectivity index (χ2v) is 10.3. The normalized spacial score (nSPS) is 12.3. The number of nitrogens with one attached hydrogen (secondary N) is 2. The van der Waals surface area contributed by atoms with Gasteiger partial charge in [0.1, 0.15) is 0 Å². The Kier molecular flexibility index (Phi) is 7.44. The Hall–Kier alpha value is -2.45. The molecule has 0 aliphatic rings. The van der Waals surface area contributed by atoms with Crippen molar-refractivity contribution in [2.75, 3.05) is 19.3 Å². The molecule has 1 heterocycles. The van der Waals surface area contributed by atoms with Gasteiger partial charge in [0.2, 0.25) is 0 Å². The zero-order chi connectivity index (χ0) is 21.6. The largest absolute Gasteiger partial charge is 0.357 e. The van der Waals surface area contributed by atoms with Crippen molar-refractivity contribution in [3.05, 3.63) is 58.6 Å². The summed E-state index contributed by atoms with van der Waals surface area (Å²) in [7, 11) is -3.20. The van der Waals surface area contributed by atoms with E-state index < -0.39 is 9.84 Å². The zero-order valence-electron chi connectivity index (χ0n) is 17.6. The summed E-state index contributed by atoms with van der Waals surface area (Å²) < 4.78 is 24.8. The minimum atomic E-state index is -3.20. The van der Waals surface area contributed by atoms with E-state index in [1.807, 2.05) is 44.2 Å². The first-order valence-corrected chi connectivity index (χ1v) is 12.7. The summed E-state index contributed by atoms with van der Waals surface area (Å²) in [5.41, 5.74) is 2.79. The van der Waals surface area contributed by atoms with Crippen LogP contribution in [0.25, 0.3) is 10.2 Å². The molecule has 0 saturated carbocycles. The Morgan fingerprint density at radius 1 is 1.17 bits per heavy atom. The number of aromatic nitrogens is 1. The Balaban J connectivity index is 1.54. The van der Waals surface area contributed by atoms with E-state index in [4.69, 9.17) is 0 Å². The highest BCUT2D eigenvalue weighted by atomic mass is 32.2. The molecule has 160 valence electrons. The van der Waals surface area contributed by atoms with E-state index in [0.29, 0.717) is 11.4 Å². The van der Waals surface area contributed by atoms with Crippen molar-refractivity contribution in [3.8, 4) is 0 Å². The SMILES string of the molecule is CCNC(=NCc1ccc(S(C)(=O)=O)c(C)c1)NCCCc1nc2ccccc2s1. The smallest absolute Gasteiger partial charge is 0.191 e. The molecule has 30 heavy (non-hydrogen) atoms. The number of aryl methyl sites for hydroxylation is 2. The molecular formula is C22H28N4O2S2. The van der Waals surface area contributed by atoms with Gasteiger partial charge in [0.25, 0.3) is 0 Å². The number of rotatable bonds is 8. The highest BCUT2D eigenvalue weighted by molar-refractivity contribution is 7.90. The minimum Gasteiger partial charge on any atom is -0.357 e. The lowest BCUT2D eigenvalue weighted by molar-refractivity contribution is 0.601. The van der Waals surface area contributed by atoms with Gasteiger partial charge in [0, 0.05) is 25.8 Å². The fourth-order valence-electron chi connectivity index (χ4n) is 3.21. The maximum Gasteiger partial charge on any atom is 0.191 e. The summed E-state index contributed by atoms with van der Waals surface area (Å²) in [4.78, 5) is 9.67. The van der Waals surface area contributed by atoms with Gasteiger partial charge in [-0.2, -0.15) is 0 Å². The van der Waals surface area contributed by atoms with E-state index in [-0.39, 0.29) is 0 Å². The molecule has 0 amide bonds. The van der Waals surface area contributed by atoms with Crippen LogP contribution in [-0.2, 0) is 22.8 Å². The summed E-state index contributed by atoms with van der Waals surface area (Å²) in [6.45, 7) is 5.90. The number of fused-ring (bicyclic) bond motifs is 1. The number of hydrogen-bond acceptors (Lipinski definition) is 5. The number of nitrogens with zero attached hydrogens (tertiary/aromatic N) is 2. The van der Waals surface area contributed by atoms with E-state index in [2.05, 4.69) is 26.7 Å². The third kappa shape index (κ3) is 6.03. The third-order valence-corrected chi connectivity index (χ3v) is 6.95. The maximum absolute atomic E-state index is 11.8. The minimum absolute atomic E-state index is 0.370. The van der Waals surface area contributed by atoms with Crippen LogP contribution < -0.4 is 10.6 Å². The van der Waals surface area contributed by atoms with Gasteiger partial charge in [-0.05, 0) is 49.6 Å². The zero-order valence-corrected chi connectivity index (χ0v) is 19.2. The monoisotopic (exact) mass is 444 g/mol. The number of hydrogen-bond donors (Lipinski definition) is 2. The fraction of sp³-hybridized carbons (Fsp3) is 0.364. The molecule has 8 heteroatoms. The number of thiazole rings is 1. The predicted octanol–water partition coefficient (Wildman–Crippen LogP) is 3.70. The summed E-state index contributed by atoms with van der Waals surface area (Å²) >= 11 is 1.75. The molecule has 0 fully saturated rings. The average Bonchev–Trinajstić information content (AvgIpc) is 3.11. The van der Waals surface area contributed by atoms with Gasteiger partial charge in [-0.3, -0.25) is 0 Å². The van der Waals surface area contributed by atoms with Crippen molar-refractivity contribution < 1.29 is 8.42 Å².